The standard InChI is InChI=1S/C18H18N2O2/c21-17(19-15-10-5-2-6-11-15)16-12-7-13-20(16)18(22)14-8-3-1-4-9-14/h1-6,8-11,16H,7,12-13H2,(H,19,21)/t16-/m0/s1. The van der Waals surface area contributed by atoms with E-state index in [2.05, 4.69) is 5.32 Å². The third kappa shape index (κ3) is 3.01. The van der Waals surface area contributed by atoms with Crippen LogP contribution in [0.15, 0.2) is 60.7 Å². The van der Waals surface area contributed by atoms with E-state index in [1.54, 1.807) is 17.0 Å². The van der Waals surface area contributed by atoms with Gasteiger partial charge in [-0.15, -0.1) is 0 Å². The van der Waals surface area contributed by atoms with E-state index >= 15 is 0 Å². The number of hydrogen-bond acceptors (Lipinski definition) is 2. The molecule has 1 fully saturated rings. The van der Waals surface area contributed by atoms with Crippen LogP contribution in [0.3, 0.4) is 0 Å². The molecule has 0 aliphatic carbocycles. The molecule has 4 nitrogen and oxygen atoms in total. The summed E-state index contributed by atoms with van der Waals surface area (Å²) in [5.74, 6) is -0.195. The molecular formula is C18H18N2O2. The lowest BCUT2D eigenvalue weighted by Gasteiger charge is -2.24. The maximum Gasteiger partial charge on any atom is 0.254 e. The van der Waals surface area contributed by atoms with E-state index in [1.165, 1.54) is 0 Å². The maximum absolute atomic E-state index is 12.6. The first-order valence-electron chi connectivity index (χ1n) is 7.47. The van der Waals surface area contributed by atoms with Gasteiger partial charge in [0, 0.05) is 17.8 Å². The van der Waals surface area contributed by atoms with Gasteiger partial charge in [-0.25, -0.2) is 0 Å². The Morgan fingerprint density at radius 2 is 1.59 bits per heavy atom. The molecule has 1 atom stereocenters. The summed E-state index contributed by atoms with van der Waals surface area (Å²) in [5.41, 5.74) is 1.38. The molecule has 0 unspecified atom stereocenters. The van der Waals surface area contributed by atoms with Crippen molar-refractivity contribution >= 4 is 17.5 Å². The Kier molecular flexibility index (Phi) is 4.19. The number of benzene rings is 2. The summed E-state index contributed by atoms with van der Waals surface area (Å²) in [6.07, 6.45) is 1.56. The van der Waals surface area contributed by atoms with Gasteiger partial charge in [0.2, 0.25) is 5.91 Å². The second-order valence-corrected chi connectivity index (χ2v) is 5.38. The molecule has 1 aliphatic rings. The van der Waals surface area contributed by atoms with Gasteiger partial charge in [-0.05, 0) is 37.1 Å². The number of hydrogen-bond donors (Lipinski definition) is 1. The number of para-hydroxylation sites is 1. The SMILES string of the molecule is O=C(Nc1ccccc1)[C@@H]1CCCN1C(=O)c1ccccc1. The molecule has 0 bridgehead atoms. The number of carbonyl (C=O) groups is 2. The Morgan fingerprint density at radius 3 is 2.27 bits per heavy atom. The summed E-state index contributed by atoms with van der Waals surface area (Å²) < 4.78 is 0. The first kappa shape index (κ1) is 14.3. The highest BCUT2D eigenvalue weighted by atomic mass is 16.2. The van der Waals surface area contributed by atoms with Gasteiger partial charge in [0.05, 0.1) is 0 Å². The van der Waals surface area contributed by atoms with Gasteiger partial charge >= 0.3 is 0 Å². The lowest BCUT2D eigenvalue weighted by Crippen LogP contribution is -2.43. The number of anilines is 1. The van der Waals surface area contributed by atoms with Gasteiger partial charge in [-0.1, -0.05) is 36.4 Å². The van der Waals surface area contributed by atoms with Crippen molar-refractivity contribution in [2.24, 2.45) is 0 Å². The van der Waals surface area contributed by atoms with Crippen LogP contribution in [0.4, 0.5) is 5.69 Å². The van der Waals surface area contributed by atoms with Gasteiger partial charge < -0.3 is 10.2 Å². The molecule has 0 spiro atoms. The van der Waals surface area contributed by atoms with E-state index < -0.39 is 6.04 Å². The van der Waals surface area contributed by atoms with Gasteiger partial charge in [0.1, 0.15) is 6.04 Å². The van der Waals surface area contributed by atoms with Crippen LogP contribution in [0.25, 0.3) is 0 Å². The fraction of sp³-hybridized carbons (Fsp3) is 0.222. The Balaban J connectivity index is 1.73. The van der Waals surface area contributed by atoms with Crippen LogP contribution >= 0.6 is 0 Å². The smallest absolute Gasteiger partial charge is 0.254 e. The minimum Gasteiger partial charge on any atom is -0.327 e. The molecule has 112 valence electrons. The van der Waals surface area contributed by atoms with Crippen molar-refractivity contribution in [1.82, 2.24) is 4.90 Å². The second kappa shape index (κ2) is 6.43. The highest BCUT2D eigenvalue weighted by Gasteiger charge is 2.34. The van der Waals surface area contributed by atoms with Crippen LogP contribution in [0.2, 0.25) is 0 Å². The molecule has 2 amide bonds. The molecule has 2 aromatic carbocycles. The zero-order valence-corrected chi connectivity index (χ0v) is 12.2. The molecule has 1 aliphatic heterocycles. The van der Waals surface area contributed by atoms with Crippen molar-refractivity contribution < 1.29 is 9.59 Å². The average Bonchev–Trinajstić information content (AvgIpc) is 3.05. The van der Waals surface area contributed by atoms with Crippen molar-refractivity contribution in [3.8, 4) is 0 Å². The van der Waals surface area contributed by atoms with Crippen molar-refractivity contribution in [3.05, 3.63) is 66.2 Å². The Hall–Kier alpha value is -2.62. The lowest BCUT2D eigenvalue weighted by atomic mass is 10.1. The van der Waals surface area contributed by atoms with Crippen molar-refractivity contribution in [2.75, 3.05) is 11.9 Å². The summed E-state index contributed by atoms with van der Waals surface area (Å²) in [7, 11) is 0. The normalized spacial score (nSPS) is 17.3. The monoisotopic (exact) mass is 294 g/mol. The molecule has 22 heavy (non-hydrogen) atoms. The first-order valence-corrected chi connectivity index (χ1v) is 7.47. The van der Waals surface area contributed by atoms with Crippen LogP contribution in [0.1, 0.15) is 23.2 Å². The van der Waals surface area contributed by atoms with E-state index in [4.69, 9.17) is 0 Å². The zero-order valence-electron chi connectivity index (χ0n) is 12.2. The molecule has 1 N–H and O–H groups in total. The number of likely N-dealkylation sites (tertiary alicyclic amines) is 1. The molecule has 1 heterocycles. The van der Waals surface area contributed by atoms with Gasteiger partial charge in [0.25, 0.3) is 5.91 Å². The van der Waals surface area contributed by atoms with E-state index in [-0.39, 0.29) is 11.8 Å². The molecule has 2 aromatic rings. The second-order valence-electron chi connectivity index (χ2n) is 5.38. The van der Waals surface area contributed by atoms with Crippen LogP contribution < -0.4 is 5.32 Å². The maximum atomic E-state index is 12.6. The number of amides is 2. The molecule has 1 saturated heterocycles. The number of nitrogens with zero attached hydrogens (tertiary/aromatic N) is 1. The fourth-order valence-electron chi connectivity index (χ4n) is 2.78. The van der Waals surface area contributed by atoms with E-state index in [0.717, 1.165) is 12.1 Å². The van der Waals surface area contributed by atoms with E-state index in [0.29, 0.717) is 18.5 Å². The zero-order chi connectivity index (χ0) is 15.4. The molecule has 0 saturated carbocycles. The van der Waals surface area contributed by atoms with E-state index in [9.17, 15) is 9.59 Å². The molecule has 0 radical (unpaired) electrons. The van der Waals surface area contributed by atoms with Gasteiger partial charge in [-0.3, -0.25) is 9.59 Å². The highest BCUT2D eigenvalue weighted by molar-refractivity contribution is 6.01. The third-order valence-corrected chi connectivity index (χ3v) is 3.88. The minimum absolute atomic E-state index is 0.0775. The largest absolute Gasteiger partial charge is 0.327 e. The lowest BCUT2D eigenvalue weighted by molar-refractivity contribution is -0.119. The van der Waals surface area contributed by atoms with Crippen LogP contribution in [-0.4, -0.2) is 29.3 Å². The van der Waals surface area contributed by atoms with Crippen LogP contribution in [-0.2, 0) is 4.79 Å². The molecule has 0 aromatic heterocycles. The molecule has 3 rings (SSSR count). The third-order valence-electron chi connectivity index (χ3n) is 3.88. The first-order chi connectivity index (χ1) is 10.8. The van der Waals surface area contributed by atoms with Gasteiger partial charge in [-0.2, -0.15) is 0 Å². The van der Waals surface area contributed by atoms with Crippen molar-refractivity contribution in [1.29, 1.82) is 0 Å². The minimum atomic E-state index is -0.395. The van der Waals surface area contributed by atoms with Crippen molar-refractivity contribution in [2.45, 2.75) is 18.9 Å². The fourth-order valence-corrected chi connectivity index (χ4v) is 2.78. The van der Waals surface area contributed by atoms with Crippen LogP contribution in [0, 0.1) is 0 Å². The summed E-state index contributed by atoms with van der Waals surface area (Å²) in [4.78, 5) is 26.7. The predicted octanol–water partition coefficient (Wildman–Crippen LogP) is 2.93. The van der Waals surface area contributed by atoms with Gasteiger partial charge in [0.15, 0.2) is 0 Å². The van der Waals surface area contributed by atoms with Crippen LogP contribution in [0.5, 0.6) is 0 Å². The molecular weight excluding hydrogens is 276 g/mol. The van der Waals surface area contributed by atoms with Crippen molar-refractivity contribution in [3.63, 3.8) is 0 Å². The summed E-state index contributed by atoms with van der Waals surface area (Å²) in [6.45, 7) is 0.626. The van der Waals surface area contributed by atoms with E-state index in [1.807, 2.05) is 48.5 Å². The number of nitrogens with one attached hydrogen (secondary N) is 1. The quantitative estimate of drug-likeness (QED) is 0.946. The predicted molar refractivity (Wildman–Crippen MR) is 85.6 cm³/mol. The number of rotatable bonds is 3. The summed E-state index contributed by atoms with van der Waals surface area (Å²) in [5, 5.41) is 2.89. The number of carbonyl (C=O) groups excluding carboxylic acids is 2. The average molecular weight is 294 g/mol. The Labute approximate surface area is 129 Å². The topological polar surface area (TPSA) is 49.4 Å². The Bertz CT molecular complexity index is 655. The molecule has 4 heteroatoms. The Morgan fingerprint density at radius 1 is 0.955 bits per heavy atom. The summed E-state index contributed by atoms with van der Waals surface area (Å²) >= 11 is 0. The highest BCUT2D eigenvalue weighted by Crippen LogP contribution is 2.21. The summed E-state index contributed by atoms with van der Waals surface area (Å²) in [6, 6.07) is 18.1.